The molecular formula is C9H10ClN3O4S. The maximum absolute atomic E-state index is 11.9. The van der Waals surface area contributed by atoms with Crippen LogP contribution in [0.4, 0.5) is 5.69 Å². The molecule has 2 rings (SSSR count). The van der Waals surface area contributed by atoms with Crippen LogP contribution in [-0.2, 0) is 10.0 Å². The first-order valence-electron chi connectivity index (χ1n) is 5.07. The van der Waals surface area contributed by atoms with Crippen molar-refractivity contribution in [3.8, 4) is 0 Å². The van der Waals surface area contributed by atoms with Crippen LogP contribution in [-0.4, -0.2) is 32.5 Å². The minimum Gasteiger partial charge on any atom is -0.313 e. The lowest BCUT2D eigenvalue weighted by atomic mass is 10.2. The van der Waals surface area contributed by atoms with Gasteiger partial charge < -0.3 is 5.32 Å². The summed E-state index contributed by atoms with van der Waals surface area (Å²) in [6, 6.07) is 3.10. The average Bonchev–Trinajstić information content (AvgIpc) is 2.23. The number of hydrogen-bond acceptors (Lipinski definition) is 5. The normalized spacial score (nSPS) is 16.3. The van der Waals surface area contributed by atoms with Crippen molar-refractivity contribution in [3.05, 3.63) is 33.3 Å². The number of sulfonamides is 1. The van der Waals surface area contributed by atoms with E-state index in [9.17, 15) is 18.5 Å². The Morgan fingerprint density at radius 2 is 2.11 bits per heavy atom. The second-order valence-electron chi connectivity index (χ2n) is 3.85. The third-order valence-electron chi connectivity index (χ3n) is 2.52. The minimum absolute atomic E-state index is 0.151. The minimum atomic E-state index is -3.74. The number of nitrogens with one attached hydrogen (secondary N) is 2. The summed E-state index contributed by atoms with van der Waals surface area (Å²) in [5, 5.41) is 13.3. The molecule has 0 saturated carbocycles. The highest BCUT2D eigenvalue weighted by atomic mass is 35.5. The zero-order chi connectivity index (χ0) is 13.3. The smallest absolute Gasteiger partial charge is 0.271 e. The first-order valence-corrected chi connectivity index (χ1v) is 6.93. The number of nitro groups is 1. The summed E-state index contributed by atoms with van der Waals surface area (Å²) < 4.78 is 26.3. The average molecular weight is 292 g/mol. The van der Waals surface area contributed by atoms with E-state index in [0.29, 0.717) is 13.1 Å². The molecule has 98 valence electrons. The van der Waals surface area contributed by atoms with Gasteiger partial charge in [0, 0.05) is 31.3 Å². The second-order valence-corrected chi connectivity index (χ2v) is 5.94. The van der Waals surface area contributed by atoms with Crippen LogP contribution in [0.1, 0.15) is 0 Å². The van der Waals surface area contributed by atoms with Crippen LogP contribution in [0.25, 0.3) is 0 Å². The van der Waals surface area contributed by atoms with Gasteiger partial charge in [0.15, 0.2) is 0 Å². The van der Waals surface area contributed by atoms with Crippen LogP contribution in [0.5, 0.6) is 0 Å². The highest BCUT2D eigenvalue weighted by Crippen LogP contribution is 2.26. The molecule has 0 radical (unpaired) electrons. The molecule has 9 heteroatoms. The summed E-state index contributed by atoms with van der Waals surface area (Å²) in [4.78, 5) is 9.74. The zero-order valence-electron chi connectivity index (χ0n) is 9.09. The molecule has 1 aliphatic rings. The van der Waals surface area contributed by atoms with E-state index in [4.69, 9.17) is 11.6 Å². The Hall–Kier alpha value is -1.22. The fourth-order valence-corrected chi connectivity index (χ4v) is 3.25. The van der Waals surface area contributed by atoms with Crippen molar-refractivity contribution >= 4 is 27.3 Å². The number of non-ortho nitro benzene ring substituents is 1. The fraction of sp³-hybridized carbons (Fsp3) is 0.333. The number of nitro benzene ring substituents is 1. The van der Waals surface area contributed by atoms with E-state index in [1.54, 1.807) is 0 Å². The van der Waals surface area contributed by atoms with E-state index >= 15 is 0 Å². The lowest BCUT2D eigenvalue weighted by Gasteiger charge is -2.27. The number of benzene rings is 1. The van der Waals surface area contributed by atoms with Gasteiger partial charge in [-0.25, -0.2) is 13.1 Å². The Morgan fingerprint density at radius 3 is 2.56 bits per heavy atom. The van der Waals surface area contributed by atoms with E-state index in [-0.39, 0.29) is 21.6 Å². The molecule has 0 aromatic heterocycles. The molecule has 0 atom stereocenters. The van der Waals surface area contributed by atoms with Crippen molar-refractivity contribution < 1.29 is 13.3 Å². The highest BCUT2D eigenvalue weighted by molar-refractivity contribution is 7.89. The van der Waals surface area contributed by atoms with Crippen LogP contribution < -0.4 is 10.0 Å². The summed E-state index contributed by atoms with van der Waals surface area (Å²) in [7, 11) is -3.74. The molecule has 2 N–H and O–H groups in total. The molecule has 1 fully saturated rings. The Morgan fingerprint density at radius 1 is 1.44 bits per heavy atom. The van der Waals surface area contributed by atoms with Gasteiger partial charge in [-0.15, -0.1) is 0 Å². The fourth-order valence-electron chi connectivity index (χ4n) is 1.48. The van der Waals surface area contributed by atoms with Gasteiger partial charge in [-0.3, -0.25) is 10.1 Å². The summed E-state index contributed by atoms with van der Waals surface area (Å²) in [5.74, 6) is 0. The molecule has 1 aliphatic heterocycles. The standard InChI is InChI=1S/C9H10ClN3O4S/c10-8-3-7(13(14)15)1-2-9(8)18(16,17)12-6-4-11-5-6/h1-3,6,11-12H,4-5H2. The van der Waals surface area contributed by atoms with E-state index in [0.717, 1.165) is 18.2 Å². The van der Waals surface area contributed by atoms with Crippen molar-refractivity contribution in [1.29, 1.82) is 0 Å². The molecule has 7 nitrogen and oxygen atoms in total. The van der Waals surface area contributed by atoms with Crippen molar-refractivity contribution in [2.45, 2.75) is 10.9 Å². The van der Waals surface area contributed by atoms with Gasteiger partial charge in [0.05, 0.1) is 9.95 Å². The Balaban J connectivity index is 2.29. The summed E-state index contributed by atoms with van der Waals surface area (Å²) in [5.41, 5.74) is -0.246. The highest BCUT2D eigenvalue weighted by Gasteiger charge is 2.26. The number of nitrogens with zero attached hydrogens (tertiary/aromatic N) is 1. The Kier molecular flexibility index (Phi) is 3.53. The summed E-state index contributed by atoms with van der Waals surface area (Å²) >= 11 is 5.76. The van der Waals surface area contributed by atoms with Crippen LogP contribution in [0.2, 0.25) is 5.02 Å². The molecule has 0 aliphatic carbocycles. The monoisotopic (exact) mass is 291 g/mol. The zero-order valence-corrected chi connectivity index (χ0v) is 10.7. The lowest BCUT2D eigenvalue weighted by Crippen LogP contribution is -2.56. The van der Waals surface area contributed by atoms with Gasteiger partial charge in [-0.1, -0.05) is 11.6 Å². The molecule has 1 aromatic carbocycles. The Bertz CT molecular complexity index is 585. The van der Waals surface area contributed by atoms with Crippen molar-refractivity contribution in [3.63, 3.8) is 0 Å². The largest absolute Gasteiger partial charge is 0.313 e. The topological polar surface area (TPSA) is 101 Å². The third kappa shape index (κ3) is 2.61. The quantitative estimate of drug-likeness (QED) is 0.621. The first-order chi connectivity index (χ1) is 8.40. The lowest BCUT2D eigenvalue weighted by molar-refractivity contribution is -0.384. The van der Waals surface area contributed by atoms with E-state index < -0.39 is 14.9 Å². The molecule has 1 aromatic rings. The van der Waals surface area contributed by atoms with E-state index in [1.807, 2.05) is 0 Å². The third-order valence-corrected chi connectivity index (χ3v) is 4.52. The number of hydrogen-bond donors (Lipinski definition) is 2. The second kappa shape index (κ2) is 4.81. The van der Waals surface area contributed by atoms with Crippen molar-refractivity contribution in [2.75, 3.05) is 13.1 Å². The molecule has 18 heavy (non-hydrogen) atoms. The van der Waals surface area contributed by atoms with Crippen LogP contribution in [0, 0.1) is 10.1 Å². The van der Waals surface area contributed by atoms with Gasteiger partial charge in [0.1, 0.15) is 4.90 Å². The van der Waals surface area contributed by atoms with E-state index in [1.165, 1.54) is 0 Å². The molecule has 0 bridgehead atoms. The predicted molar refractivity (Wildman–Crippen MR) is 65.1 cm³/mol. The molecule has 0 spiro atoms. The van der Waals surface area contributed by atoms with Crippen LogP contribution in [0.3, 0.4) is 0 Å². The van der Waals surface area contributed by atoms with Crippen molar-refractivity contribution in [1.82, 2.24) is 10.0 Å². The summed E-state index contributed by atoms with van der Waals surface area (Å²) in [6.07, 6.45) is 0. The van der Waals surface area contributed by atoms with Gasteiger partial charge >= 0.3 is 0 Å². The predicted octanol–water partition coefficient (Wildman–Crippen LogP) is 0.498. The van der Waals surface area contributed by atoms with Gasteiger partial charge in [0.2, 0.25) is 10.0 Å². The molecule has 1 heterocycles. The van der Waals surface area contributed by atoms with Crippen LogP contribution >= 0.6 is 11.6 Å². The maximum Gasteiger partial charge on any atom is 0.271 e. The molecular weight excluding hydrogens is 282 g/mol. The first kappa shape index (κ1) is 13.2. The molecule has 1 saturated heterocycles. The SMILES string of the molecule is O=[N+]([O-])c1ccc(S(=O)(=O)NC2CNC2)c(Cl)c1. The van der Waals surface area contributed by atoms with Gasteiger partial charge in [-0.2, -0.15) is 0 Å². The van der Waals surface area contributed by atoms with Crippen LogP contribution in [0.15, 0.2) is 23.1 Å². The van der Waals surface area contributed by atoms with Gasteiger partial charge in [-0.05, 0) is 6.07 Å². The van der Waals surface area contributed by atoms with E-state index in [2.05, 4.69) is 10.0 Å². The summed E-state index contributed by atoms with van der Waals surface area (Å²) in [6.45, 7) is 1.12. The van der Waals surface area contributed by atoms with Gasteiger partial charge in [0.25, 0.3) is 5.69 Å². The number of halogens is 1. The molecule has 0 amide bonds. The Labute approximate surface area is 108 Å². The van der Waals surface area contributed by atoms with Crippen molar-refractivity contribution in [2.24, 2.45) is 0 Å². The molecule has 0 unspecified atom stereocenters. The maximum atomic E-state index is 11.9. The number of rotatable bonds is 4.